The van der Waals surface area contributed by atoms with Crippen LogP contribution in [-0.4, -0.2) is 70.9 Å². The van der Waals surface area contributed by atoms with Crippen molar-refractivity contribution < 1.29 is 13.5 Å². The molecule has 0 saturated carbocycles. The van der Waals surface area contributed by atoms with Crippen molar-refractivity contribution in [3.05, 3.63) is 82.9 Å². The molecule has 0 fully saturated rings. The van der Waals surface area contributed by atoms with Crippen molar-refractivity contribution in [2.75, 3.05) is 66.8 Å². The Morgan fingerprint density at radius 2 is 1.51 bits per heavy atom. The van der Waals surface area contributed by atoms with E-state index in [4.69, 9.17) is 0 Å². The summed E-state index contributed by atoms with van der Waals surface area (Å²) in [5.41, 5.74) is 2.67. The van der Waals surface area contributed by atoms with Crippen molar-refractivity contribution in [3.8, 4) is 0 Å². The second kappa shape index (κ2) is 12.0. The zero-order valence-corrected chi connectivity index (χ0v) is 25.0. The third kappa shape index (κ3) is 7.81. The third-order valence-electron chi connectivity index (χ3n) is 6.39. The Morgan fingerprint density at radius 3 is 2.30 bits per heavy atom. The molecule has 0 atom stereocenters. The average molecular weight is 536 g/mol. The first-order valence-corrected chi connectivity index (χ1v) is 14.9. The predicted octanol–water partition coefficient (Wildman–Crippen LogP) is 6.40. The molecule has 3 aromatic rings. The van der Waals surface area contributed by atoms with Crippen molar-refractivity contribution in [3.63, 3.8) is 0 Å². The first-order chi connectivity index (χ1) is 17.6. The van der Waals surface area contributed by atoms with Gasteiger partial charge in [-0.2, -0.15) is 4.57 Å². The second-order valence-corrected chi connectivity index (χ2v) is 13.9. The van der Waals surface area contributed by atoms with Crippen LogP contribution in [0.2, 0.25) is 0 Å². The number of thiazole rings is 1. The standard InChI is InChI=1S/C31H43N4S2/c1-34(2,3)24-14-22-32-26-16-10-12-18-28(26)36-30(32)20-8-7-9-21-31-33(23-15-25-35(4,5)6)27-17-11-13-19-29(27)37-31/h7-13,16-21H,14-15,22-25H2,1-6H3/q+3. The van der Waals surface area contributed by atoms with Crippen molar-refractivity contribution in [1.29, 1.82) is 0 Å². The molecule has 0 N–H and O–H groups in total. The fraction of sp³-hybridized carbons (Fsp3) is 0.387. The minimum Gasteiger partial charge on any atom is -0.335 e. The molecule has 6 heteroatoms. The van der Waals surface area contributed by atoms with E-state index >= 15 is 0 Å². The number of allylic oxidation sites excluding steroid dienone is 4. The summed E-state index contributed by atoms with van der Waals surface area (Å²) >= 11 is 3.75. The maximum atomic E-state index is 2.48. The number of aryl methyl sites for hydroxylation is 1. The molecule has 2 heterocycles. The van der Waals surface area contributed by atoms with Crippen molar-refractivity contribution in [2.24, 2.45) is 0 Å². The molecule has 0 amide bonds. The molecule has 4 nitrogen and oxygen atoms in total. The summed E-state index contributed by atoms with van der Waals surface area (Å²) < 4.78 is 5.83. The van der Waals surface area contributed by atoms with Gasteiger partial charge in [0.05, 0.1) is 72.5 Å². The highest BCUT2D eigenvalue weighted by Crippen LogP contribution is 2.45. The maximum absolute atomic E-state index is 2.48. The number of hydrogen-bond donors (Lipinski definition) is 0. The molecule has 0 aliphatic carbocycles. The van der Waals surface area contributed by atoms with Gasteiger partial charge >= 0.3 is 0 Å². The van der Waals surface area contributed by atoms with E-state index in [1.165, 1.54) is 56.8 Å². The number of nitrogens with zero attached hydrogens (tertiary/aromatic N) is 4. The zero-order chi connectivity index (χ0) is 26.5. The van der Waals surface area contributed by atoms with Gasteiger partial charge in [0.25, 0.3) is 5.01 Å². The number of thioether (sulfide) groups is 1. The van der Waals surface area contributed by atoms with Crippen LogP contribution in [0.5, 0.6) is 0 Å². The van der Waals surface area contributed by atoms with E-state index in [1.807, 2.05) is 23.1 Å². The number of aromatic nitrogens is 1. The van der Waals surface area contributed by atoms with E-state index in [2.05, 4.69) is 131 Å². The van der Waals surface area contributed by atoms with Crippen LogP contribution in [0, 0.1) is 0 Å². The van der Waals surface area contributed by atoms with Crippen molar-refractivity contribution in [2.45, 2.75) is 24.3 Å². The lowest BCUT2D eigenvalue weighted by molar-refractivity contribution is -0.873. The van der Waals surface area contributed by atoms with Crippen LogP contribution >= 0.6 is 23.1 Å². The SMILES string of the molecule is C[N+](C)(C)CCCN1/C(=C/C=C/C=C/c2sc3ccccc3[n+]2CCC[N+](C)(C)C)Sc2ccccc21. The summed E-state index contributed by atoms with van der Waals surface area (Å²) in [4.78, 5) is 3.83. The summed E-state index contributed by atoms with van der Waals surface area (Å²) in [7, 11) is 13.6. The van der Waals surface area contributed by atoms with Crippen LogP contribution in [0.25, 0.3) is 16.3 Å². The van der Waals surface area contributed by atoms with Gasteiger partial charge in [-0.15, -0.1) is 0 Å². The summed E-state index contributed by atoms with van der Waals surface area (Å²) in [6, 6.07) is 17.5. The quantitative estimate of drug-likeness (QED) is 0.159. The molecule has 0 spiro atoms. The number of hydrogen-bond acceptors (Lipinski definition) is 3. The smallest absolute Gasteiger partial charge is 0.262 e. The Balaban J connectivity index is 1.47. The number of para-hydroxylation sites is 2. The Hall–Kier alpha value is -2.38. The van der Waals surface area contributed by atoms with Gasteiger partial charge in [0.15, 0.2) is 6.54 Å². The zero-order valence-electron chi connectivity index (χ0n) is 23.4. The molecule has 0 unspecified atom stereocenters. The van der Waals surface area contributed by atoms with Crippen LogP contribution in [0.4, 0.5) is 5.69 Å². The Kier molecular flexibility index (Phi) is 8.96. The molecule has 0 bridgehead atoms. The first kappa shape index (κ1) is 27.6. The van der Waals surface area contributed by atoms with Crippen LogP contribution < -0.4 is 9.47 Å². The lowest BCUT2D eigenvalue weighted by Crippen LogP contribution is -2.40. The van der Waals surface area contributed by atoms with E-state index in [0.29, 0.717) is 0 Å². The van der Waals surface area contributed by atoms with E-state index < -0.39 is 0 Å². The lowest BCUT2D eigenvalue weighted by atomic mass is 10.2. The Bertz CT molecular complexity index is 1290. The monoisotopic (exact) mass is 535 g/mol. The fourth-order valence-corrected chi connectivity index (χ4v) is 6.76. The van der Waals surface area contributed by atoms with Gasteiger partial charge < -0.3 is 13.9 Å². The molecule has 4 rings (SSSR count). The maximum Gasteiger partial charge on any atom is 0.262 e. The predicted molar refractivity (Wildman–Crippen MR) is 163 cm³/mol. The molecule has 2 aromatic carbocycles. The fourth-order valence-electron chi connectivity index (χ4n) is 4.56. The molecule has 0 radical (unpaired) electrons. The highest BCUT2D eigenvalue weighted by molar-refractivity contribution is 8.03. The number of anilines is 1. The Morgan fingerprint density at radius 1 is 0.811 bits per heavy atom. The van der Waals surface area contributed by atoms with Crippen LogP contribution in [-0.2, 0) is 6.54 Å². The summed E-state index contributed by atoms with van der Waals surface area (Å²) in [5, 5.41) is 2.62. The van der Waals surface area contributed by atoms with Gasteiger partial charge in [0.1, 0.15) is 4.70 Å². The van der Waals surface area contributed by atoms with Crippen molar-refractivity contribution in [1.82, 2.24) is 0 Å². The summed E-state index contributed by atoms with van der Waals surface area (Å²) in [5.74, 6) is 0. The van der Waals surface area contributed by atoms with Gasteiger partial charge in [0, 0.05) is 30.0 Å². The van der Waals surface area contributed by atoms with Gasteiger partial charge in [-0.3, -0.25) is 0 Å². The molecular formula is C31H43N4S2+3. The molecule has 1 aromatic heterocycles. The third-order valence-corrected chi connectivity index (χ3v) is 8.66. The minimum absolute atomic E-state index is 0.999. The summed E-state index contributed by atoms with van der Waals surface area (Å²) in [6.07, 6.45) is 13.4. The molecule has 37 heavy (non-hydrogen) atoms. The first-order valence-electron chi connectivity index (χ1n) is 13.2. The van der Waals surface area contributed by atoms with Crippen LogP contribution in [0.15, 0.2) is 82.8 Å². The second-order valence-electron chi connectivity index (χ2n) is 11.8. The highest BCUT2D eigenvalue weighted by Gasteiger charge is 2.24. The van der Waals surface area contributed by atoms with Crippen molar-refractivity contribution >= 4 is 45.1 Å². The lowest BCUT2D eigenvalue weighted by Gasteiger charge is -2.26. The molecule has 1 aliphatic rings. The largest absolute Gasteiger partial charge is 0.335 e. The van der Waals surface area contributed by atoms with Gasteiger partial charge in [-0.1, -0.05) is 65.6 Å². The molecule has 1 aliphatic heterocycles. The van der Waals surface area contributed by atoms with Gasteiger partial charge in [0.2, 0.25) is 5.52 Å². The molecule has 196 valence electrons. The molecular weight excluding hydrogens is 493 g/mol. The normalized spacial score (nSPS) is 15.6. The van der Waals surface area contributed by atoms with Gasteiger partial charge in [-0.25, -0.2) is 0 Å². The van der Waals surface area contributed by atoms with E-state index in [0.717, 1.165) is 22.1 Å². The van der Waals surface area contributed by atoms with Crippen LogP contribution in [0.3, 0.4) is 0 Å². The van der Waals surface area contributed by atoms with Crippen LogP contribution in [0.1, 0.15) is 17.8 Å². The average Bonchev–Trinajstić information content (AvgIpc) is 3.35. The van der Waals surface area contributed by atoms with E-state index in [-0.39, 0.29) is 0 Å². The highest BCUT2D eigenvalue weighted by atomic mass is 32.2. The number of benzene rings is 2. The van der Waals surface area contributed by atoms with E-state index in [9.17, 15) is 0 Å². The number of rotatable bonds is 11. The number of quaternary nitrogens is 2. The molecule has 0 saturated heterocycles. The van der Waals surface area contributed by atoms with E-state index in [1.54, 1.807) is 0 Å². The topological polar surface area (TPSA) is 7.12 Å². The summed E-state index contributed by atoms with van der Waals surface area (Å²) in [6.45, 7) is 4.42. The Labute approximate surface area is 232 Å². The number of fused-ring (bicyclic) bond motifs is 2. The minimum atomic E-state index is 0.999. The van der Waals surface area contributed by atoms with Gasteiger partial charge in [-0.05, 0) is 24.3 Å².